The van der Waals surface area contributed by atoms with Crippen LogP contribution < -0.4 is 0 Å². The number of benzene rings is 1. The molecule has 0 saturated carbocycles. The van der Waals surface area contributed by atoms with Crippen molar-refractivity contribution >= 4 is 23.1 Å². The molecule has 10 heteroatoms. The molecule has 30 heavy (non-hydrogen) atoms. The highest BCUT2D eigenvalue weighted by Crippen LogP contribution is 2.30. The lowest BCUT2D eigenvalue weighted by Crippen LogP contribution is -2.16. The fourth-order valence-electron chi connectivity index (χ4n) is 3.29. The topological polar surface area (TPSA) is 78.9 Å². The maximum atomic E-state index is 13.1. The molecular weight excluding hydrogens is 425 g/mol. The van der Waals surface area contributed by atoms with Crippen LogP contribution in [0, 0.1) is 5.82 Å². The molecule has 1 aliphatic rings. The molecule has 4 heterocycles. The first kappa shape index (κ1) is 19.4. The van der Waals surface area contributed by atoms with Crippen molar-refractivity contribution in [3.8, 4) is 22.2 Å². The lowest BCUT2D eigenvalue weighted by Gasteiger charge is -2.13. The number of hydrogen-bond acceptors (Lipinski definition) is 8. The first-order valence-electron chi connectivity index (χ1n) is 9.56. The predicted molar refractivity (Wildman–Crippen MR) is 112 cm³/mol. The number of ether oxygens (including phenoxy) is 1. The molecule has 154 valence electrons. The average Bonchev–Trinajstić information content (AvgIpc) is 3.55. The zero-order chi connectivity index (χ0) is 20.3. The summed E-state index contributed by atoms with van der Waals surface area (Å²) in [6, 6.07) is 10.0. The fourth-order valence-corrected chi connectivity index (χ4v) is 4.80. The molecule has 0 N–H and O–H groups in total. The molecule has 0 bridgehead atoms. The van der Waals surface area contributed by atoms with Gasteiger partial charge in [-0.05, 0) is 48.6 Å². The van der Waals surface area contributed by atoms with Gasteiger partial charge in [0.1, 0.15) is 5.82 Å². The van der Waals surface area contributed by atoms with E-state index in [1.165, 1.54) is 23.9 Å². The second-order valence-corrected chi connectivity index (χ2v) is 8.73. The molecule has 1 fully saturated rings. The maximum absolute atomic E-state index is 13.1. The molecule has 7 nitrogen and oxygen atoms in total. The molecule has 1 aromatic carbocycles. The van der Waals surface area contributed by atoms with Gasteiger partial charge < -0.3 is 9.26 Å². The Morgan fingerprint density at radius 3 is 2.87 bits per heavy atom. The van der Waals surface area contributed by atoms with Crippen molar-refractivity contribution in [2.75, 3.05) is 6.61 Å². The normalized spacial score (nSPS) is 16.4. The van der Waals surface area contributed by atoms with Crippen LogP contribution in [-0.4, -0.2) is 37.6 Å². The minimum Gasteiger partial charge on any atom is -0.376 e. The van der Waals surface area contributed by atoms with Gasteiger partial charge in [-0.1, -0.05) is 23.0 Å². The van der Waals surface area contributed by atoms with Crippen LogP contribution in [0.4, 0.5) is 4.39 Å². The highest BCUT2D eigenvalue weighted by atomic mass is 32.2. The van der Waals surface area contributed by atoms with Gasteiger partial charge in [0.2, 0.25) is 0 Å². The summed E-state index contributed by atoms with van der Waals surface area (Å²) in [5.41, 5.74) is 0.682. The number of rotatable bonds is 7. The molecule has 1 saturated heterocycles. The van der Waals surface area contributed by atoms with Crippen molar-refractivity contribution in [1.29, 1.82) is 0 Å². The molecule has 1 aliphatic heterocycles. The second-order valence-electron chi connectivity index (χ2n) is 6.84. The van der Waals surface area contributed by atoms with Gasteiger partial charge in [0.15, 0.2) is 16.8 Å². The van der Waals surface area contributed by atoms with Gasteiger partial charge >= 0.3 is 0 Å². The molecule has 0 amide bonds. The van der Waals surface area contributed by atoms with E-state index in [4.69, 9.17) is 9.26 Å². The Balaban J connectivity index is 1.34. The van der Waals surface area contributed by atoms with Crippen LogP contribution in [0.5, 0.6) is 0 Å². The van der Waals surface area contributed by atoms with E-state index >= 15 is 0 Å². The Kier molecular flexibility index (Phi) is 5.60. The molecule has 1 atom stereocenters. The summed E-state index contributed by atoms with van der Waals surface area (Å²) in [5, 5.41) is 15.7. The largest absolute Gasteiger partial charge is 0.376 e. The molecular formula is C20H18FN5O2S2. The van der Waals surface area contributed by atoms with Crippen LogP contribution in [-0.2, 0) is 17.0 Å². The van der Waals surface area contributed by atoms with Crippen molar-refractivity contribution < 1.29 is 13.7 Å². The summed E-state index contributed by atoms with van der Waals surface area (Å²) in [5.74, 6) is 1.94. The van der Waals surface area contributed by atoms with Crippen molar-refractivity contribution in [2.45, 2.75) is 36.4 Å². The Morgan fingerprint density at radius 2 is 2.10 bits per heavy atom. The number of thioether (sulfide) groups is 1. The monoisotopic (exact) mass is 443 g/mol. The summed E-state index contributed by atoms with van der Waals surface area (Å²) < 4.78 is 26.4. The first-order chi connectivity index (χ1) is 14.8. The van der Waals surface area contributed by atoms with E-state index in [0.29, 0.717) is 23.0 Å². The van der Waals surface area contributed by atoms with Gasteiger partial charge in [0.05, 0.1) is 23.3 Å². The summed E-state index contributed by atoms with van der Waals surface area (Å²) in [6.45, 7) is 1.52. The first-order valence-corrected chi connectivity index (χ1v) is 11.4. The fraction of sp³-hybridized carbons (Fsp3) is 0.300. The van der Waals surface area contributed by atoms with E-state index in [9.17, 15) is 4.39 Å². The van der Waals surface area contributed by atoms with Crippen LogP contribution in [0.1, 0.15) is 18.7 Å². The number of nitrogens with zero attached hydrogens (tertiary/aromatic N) is 5. The Hall–Kier alpha value is -2.56. The standard InChI is InChI=1S/C20H18FN5O2S2/c21-14-7-5-13(6-8-14)19-22-17(25-28-19)12-30-20-24-23-18(16-4-2-10-29-16)26(20)11-15-3-1-9-27-15/h2,4-8,10,15H,1,3,9,11-12H2. The number of thiophene rings is 1. The zero-order valence-electron chi connectivity index (χ0n) is 15.9. The van der Waals surface area contributed by atoms with Gasteiger partial charge in [0, 0.05) is 12.2 Å². The third kappa shape index (κ3) is 4.16. The molecule has 0 spiro atoms. The predicted octanol–water partition coefficient (Wildman–Crippen LogP) is 4.67. The highest BCUT2D eigenvalue weighted by molar-refractivity contribution is 7.98. The summed E-state index contributed by atoms with van der Waals surface area (Å²) in [7, 11) is 0. The SMILES string of the molecule is Fc1ccc(-c2nc(CSc3nnc(-c4cccs4)n3CC3CCCO3)no2)cc1. The number of hydrogen-bond donors (Lipinski definition) is 0. The molecule has 4 aromatic rings. The van der Waals surface area contributed by atoms with E-state index in [1.54, 1.807) is 23.5 Å². The molecule has 5 rings (SSSR count). The van der Waals surface area contributed by atoms with Crippen LogP contribution in [0.2, 0.25) is 0 Å². The van der Waals surface area contributed by atoms with Gasteiger partial charge in [-0.25, -0.2) is 4.39 Å². The van der Waals surface area contributed by atoms with E-state index in [1.807, 2.05) is 17.5 Å². The number of aromatic nitrogens is 5. The molecule has 1 unspecified atom stereocenters. The Bertz CT molecular complexity index is 1100. The third-order valence-electron chi connectivity index (χ3n) is 4.76. The van der Waals surface area contributed by atoms with Crippen LogP contribution >= 0.6 is 23.1 Å². The van der Waals surface area contributed by atoms with Crippen molar-refractivity contribution in [1.82, 2.24) is 24.9 Å². The van der Waals surface area contributed by atoms with Gasteiger partial charge in [-0.15, -0.1) is 21.5 Å². The maximum Gasteiger partial charge on any atom is 0.257 e. The highest BCUT2D eigenvalue weighted by Gasteiger charge is 2.22. The van der Waals surface area contributed by atoms with Crippen LogP contribution in [0.3, 0.4) is 0 Å². The minimum absolute atomic E-state index is 0.175. The van der Waals surface area contributed by atoms with E-state index in [0.717, 1.165) is 41.9 Å². The van der Waals surface area contributed by atoms with Gasteiger partial charge in [-0.3, -0.25) is 4.57 Å². The summed E-state index contributed by atoms with van der Waals surface area (Å²) >= 11 is 3.14. The second kappa shape index (κ2) is 8.66. The average molecular weight is 444 g/mol. The lowest BCUT2D eigenvalue weighted by molar-refractivity contribution is 0.0953. The van der Waals surface area contributed by atoms with Gasteiger partial charge in [-0.2, -0.15) is 4.98 Å². The van der Waals surface area contributed by atoms with Crippen LogP contribution in [0.15, 0.2) is 51.5 Å². The van der Waals surface area contributed by atoms with Gasteiger partial charge in [0.25, 0.3) is 5.89 Å². The third-order valence-corrected chi connectivity index (χ3v) is 6.59. The molecule has 3 aromatic heterocycles. The van der Waals surface area contributed by atoms with Crippen molar-refractivity contribution in [3.05, 3.63) is 53.4 Å². The van der Waals surface area contributed by atoms with Crippen LogP contribution in [0.25, 0.3) is 22.2 Å². The van der Waals surface area contributed by atoms with Crippen molar-refractivity contribution in [3.63, 3.8) is 0 Å². The Labute approximate surface area is 180 Å². The molecule has 0 radical (unpaired) electrons. The minimum atomic E-state index is -0.304. The lowest BCUT2D eigenvalue weighted by atomic mass is 10.2. The van der Waals surface area contributed by atoms with E-state index in [-0.39, 0.29) is 11.9 Å². The quantitative estimate of drug-likeness (QED) is 0.384. The zero-order valence-corrected chi connectivity index (χ0v) is 17.5. The smallest absolute Gasteiger partial charge is 0.257 e. The summed E-state index contributed by atoms with van der Waals surface area (Å²) in [4.78, 5) is 5.49. The van der Waals surface area contributed by atoms with E-state index in [2.05, 4.69) is 24.9 Å². The number of halogens is 1. The summed E-state index contributed by atoms with van der Waals surface area (Å²) in [6.07, 6.45) is 2.30. The van der Waals surface area contributed by atoms with Crippen molar-refractivity contribution in [2.24, 2.45) is 0 Å². The Morgan fingerprint density at radius 1 is 1.20 bits per heavy atom. The van der Waals surface area contributed by atoms with E-state index < -0.39 is 0 Å². The molecule has 0 aliphatic carbocycles.